The molecular weight excluding hydrogens is 446 g/mol. The largest absolute Gasteiger partial charge is 0.456 e. The highest BCUT2D eigenvalue weighted by Crippen LogP contribution is 2.30. The Bertz CT molecular complexity index is 1200. The summed E-state index contributed by atoms with van der Waals surface area (Å²) >= 11 is 0. The molecule has 1 N–H and O–H groups in total. The van der Waals surface area contributed by atoms with Gasteiger partial charge in [0.15, 0.2) is 0 Å². The molecule has 1 fully saturated rings. The molecule has 0 bridgehead atoms. The van der Waals surface area contributed by atoms with E-state index in [-0.39, 0.29) is 11.9 Å². The molecule has 5 nitrogen and oxygen atoms in total. The normalized spacial score (nSPS) is 15.8. The quantitative estimate of drug-likeness (QED) is 0.230. The molecule has 1 saturated heterocycles. The molecule has 1 aliphatic rings. The average molecular weight is 488 g/mol. The van der Waals surface area contributed by atoms with Crippen molar-refractivity contribution in [3.05, 3.63) is 72.1 Å². The van der Waals surface area contributed by atoms with Crippen LogP contribution in [0, 0.1) is 0 Å². The Hall–Kier alpha value is -3.05. The van der Waals surface area contributed by atoms with Crippen molar-refractivity contribution in [3.8, 4) is 0 Å². The summed E-state index contributed by atoms with van der Waals surface area (Å²) in [5, 5.41) is 5.72. The van der Waals surface area contributed by atoms with Crippen molar-refractivity contribution in [3.63, 3.8) is 0 Å². The number of nitrogens with one attached hydrogen (secondary N) is 1. The molecule has 5 heteroatoms. The van der Waals surface area contributed by atoms with E-state index < -0.39 is 0 Å². The number of carbonyl (C=O) groups excluding carboxylic acids is 1. The van der Waals surface area contributed by atoms with Gasteiger partial charge in [-0.05, 0) is 69.4 Å². The predicted octanol–water partition coefficient (Wildman–Crippen LogP) is 7.16. The van der Waals surface area contributed by atoms with E-state index in [1.54, 1.807) is 0 Å². The van der Waals surface area contributed by atoms with E-state index in [9.17, 15) is 4.79 Å². The maximum absolute atomic E-state index is 13.5. The maximum Gasteiger partial charge on any atom is 0.242 e. The monoisotopic (exact) mass is 487 g/mol. The van der Waals surface area contributed by atoms with Gasteiger partial charge in [-0.2, -0.15) is 0 Å². The molecule has 1 aromatic heterocycles. The zero-order valence-corrected chi connectivity index (χ0v) is 22.1. The van der Waals surface area contributed by atoms with E-state index in [1.165, 1.54) is 32.1 Å². The fourth-order valence-corrected chi connectivity index (χ4v) is 5.04. The molecule has 3 aromatic rings. The Morgan fingerprint density at radius 2 is 1.86 bits per heavy atom. The SMILES string of the molecule is C/C=C(/N1CCCCC1)N(C/C=C\CCCC)C(=O)CNC(C)c1ccc2oc3ccccc3c2c1. The number of likely N-dealkylation sites (tertiary alicyclic amines) is 1. The van der Waals surface area contributed by atoms with E-state index >= 15 is 0 Å². The van der Waals surface area contributed by atoms with Crippen LogP contribution in [0.5, 0.6) is 0 Å². The van der Waals surface area contributed by atoms with Crippen LogP contribution in [0.3, 0.4) is 0 Å². The lowest BCUT2D eigenvalue weighted by molar-refractivity contribution is -0.129. The minimum absolute atomic E-state index is 0.0398. The van der Waals surface area contributed by atoms with Gasteiger partial charge in [-0.1, -0.05) is 56.2 Å². The average Bonchev–Trinajstić information content (AvgIpc) is 3.29. The summed E-state index contributed by atoms with van der Waals surface area (Å²) < 4.78 is 5.98. The van der Waals surface area contributed by atoms with Crippen LogP contribution in [0.25, 0.3) is 21.9 Å². The van der Waals surface area contributed by atoms with Crippen LogP contribution >= 0.6 is 0 Å². The van der Waals surface area contributed by atoms with E-state index in [0.717, 1.165) is 52.8 Å². The summed E-state index contributed by atoms with van der Waals surface area (Å²) in [6.45, 7) is 9.31. The third-order valence-electron chi connectivity index (χ3n) is 7.16. The van der Waals surface area contributed by atoms with E-state index in [1.807, 2.05) is 36.1 Å². The lowest BCUT2D eigenvalue weighted by Crippen LogP contribution is -2.45. The predicted molar refractivity (Wildman–Crippen MR) is 150 cm³/mol. The molecular formula is C31H41N3O2. The molecule has 0 aliphatic carbocycles. The van der Waals surface area contributed by atoms with Crippen molar-refractivity contribution in [2.24, 2.45) is 0 Å². The van der Waals surface area contributed by atoms with E-state index in [2.05, 4.69) is 60.5 Å². The molecule has 0 spiro atoms. The van der Waals surface area contributed by atoms with Crippen LogP contribution in [0.4, 0.5) is 0 Å². The lowest BCUT2D eigenvalue weighted by atomic mass is 10.0. The maximum atomic E-state index is 13.5. The Kier molecular flexibility index (Phi) is 9.23. The summed E-state index contributed by atoms with van der Waals surface area (Å²) in [6, 6.07) is 14.5. The zero-order chi connectivity index (χ0) is 25.3. The highest BCUT2D eigenvalue weighted by atomic mass is 16.3. The van der Waals surface area contributed by atoms with E-state index in [4.69, 9.17) is 4.42 Å². The van der Waals surface area contributed by atoms with Gasteiger partial charge in [0.25, 0.3) is 0 Å². The van der Waals surface area contributed by atoms with Crippen molar-refractivity contribution in [2.45, 2.75) is 65.3 Å². The fourth-order valence-electron chi connectivity index (χ4n) is 5.04. The molecule has 4 rings (SSSR count). The number of carbonyl (C=O) groups is 1. The van der Waals surface area contributed by atoms with Crippen LogP contribution < -0.4 is 5.32 Å². The number of furan rings is 1. The van der Waals surface area contributed by atoms with Crippen LogP contribution in [0.1, 0.15) is 70.9 Å². The summed E-state index contributed by atoms with van der Waals surface area (Å²) in [7, 11) is 0. The number of unbranched alkanes of at least 4 members (excludes halogenated alkanes) is 2. The molecule has 1 atom stereocenters. The number of nitrogens with zero attached hydrogens (tertiary/aromatic N) is 2. The van der Waals surface area contributed by atoms with Crippen LogP contribution in [-0.2, 0) is 4.79 Å². The first-order valence-electron chi connectivity index (χ1n) is 13.6. The topological polar surface area (TPSA) is 48.7 Å². The Balaban J connectivity index is 1.46. The van der Waals surface area contributed by atoms with Gasteiger partial charge in [0.2, 0.25) is 5.91 Å². The fraction of sp³-hybridized carbons (Fsp3) is 0.452. The Morgan fingerprint density at radius 3 is 2.64 bits per heavy atom. The second kappa shape index (κ2) is 12.8. The molecule has 2 aromatic carbocycles. The standard InChI is InChI=1S/C31H41N3O2/c1-4-6-7-8-14-21-34(30(5-2)33-19-12-9-13-20-33)31(35)23-32-24(3)25-17-18-29-27(22-25)26-15-10-11-16-28(26)36-29/h5,8,10-11,14-18,22,24,32H,4,6-7,9,12-13,19-21,23H2,1-3H3/b14-8-,30-5-. The molecule has 0 radical (unpaired) electrons. The molecule has 1 unspecified atom stereocenters. The first-order valence-corrected chi connectivity index (χ1v) is 13.6. The van der Waals surface area contributed by atoms with Gasteiger partial charge in [-0.3, -0.25) is 9.69 Å². The number of para-hydroxylation sites is 1. The van der Waals surface area contributed by atoms with Crippen LogP contribution in [0.15, 0.2) is 70.9 Å². The van der Waals surface area contributed by atoms with Gasteiger partial charge in [-0.25, -0.2) is 0 Å². The van der Waals surface area contributed by atoms with E-state index in [0.29, 0.717) is 13.1 Å². The summed E-state index contributed by atoms with van der Waals surface area (Å²) in [4.78, 5) is 17.9. The molecule has 0 saturated carbocycles. The van der Waals surface area contributed by atoms with Gasteiger partial charge >= 0.3 is 0 Å². The van der Waals surface area contributed by atoms with Crippen molar-refractivity contribution in [2.75, 3.05) is 26.2 Å². The summed E-state index contributed by atoms with van der Waals surface area (Å²) in [6.07, 6.45) is 13.5. The Morgan fingerprint density at radius 1 is 1.08 bits per heavy atom. The molecule has 36 heavy (non-hydrogen) atoms. The molecule has 2 heterocycles. The minimum atomic E-state index is 0.0398. The zero-order valence-electron chi connectivity index (χ0n) is 22.1. The van der Waals surface area contributed by atoms with Crippen LogP contribution in [-0.4, -0.2) is 41.9 Å². The third kappa shape index (κ3) is 6.19. The first kappa shape index (κ1) is 26.0. The van der Waals surface area contributed by atoms with Gasteiger partial charge in [0.1, 0.15) is 17.0 Å². The Labute approximate surface area is 215 Å². The number of amides is 1. The second-order valence-electron chi connectivity index (χ2n) is 9.77. The highest BCUT2D eigenvalue weighted by Gasteiger charge is 2.23. The number of fused-ring (bicyclic) bond motifs is 3. The second-order valence-corrected chi connectivity index (χ2v) is 9.77. The minimum Gasteiger partial charge on any atom is -0.456 e. The van der Waals surface area contributed by atoms with Crippen molar-refractivity contribution in [1.29, 1.82) is 0 Å². The molecule has 192 valence electrons. The van der Waals surface area contributed by atoms with Crippen molar-refractivity contribution in [1.82, 2.24) is 15.1 Å². The van der Waals surface area contributed by atoms with Gasteiger partial charge in [0.05, 0.1) is 6.54 Å². The van der Waals surface area contributed by atoms with Crippen LogP contribution in [0.2, 0.25) is 0 Å². The summed E-state index contributed by atoms with van der Waals surface area (Å²) in [5.74, 6) is 1.15. The number of piperidine rings is 1. The van der Waals surface area contributed by atoms with Gasteiger partial charge < -0.3 is 14.6 Å². The number of allylic oxidation sites excluding steroid dienone is 2. The van der Waals surface area contributed by atoms with Crippen molar-refractivity contribution < 1.29 is 9.21 Å². The van der Waals surface area contributed by atoms with Gasteiger partial charge in [0, 0.05) is 36.4 Å². The molecule has 1 aliphatic heterocycles. The van der Waals surface area contributed by atoms with Crippen molar-refractivity contribution >= 4 is 27.8 Å². The first-order chi connectivity index (χ1) is 17.6. The number of hydrogen-bond donors (Lipinski definition) is 1. The van der Waals surface area contributed by atoms with Gasteiger partial charge in [-0.15, -0.1) is 0 Å². The molecule has 1 amide bonds. The number of rotatable bonds is 11. The number of benzene rings is 2. The lowest BCUT2D eigenvalue weighted by Gasteiger charge is -2.37. The highest BCUT2D eigenvalue weighted by molar-refractivity contribution is 6.05. The third-order valence-corrected chi connectivity index (χ3v) is 7.16. The number of hydrogen-bond acceptors (Lipinski definition) is 4. The smallest absolute Gasteiger partial charge is 0.242 e. The summed E-state index contributed by atoms with van der Waals surface area (Å²) in [5.41, 5.74) is 2.94.